The van der Waals surface area contributed by atoms with Crippen LogP contribution in [0, 0.1) is 0 Å². The van der Waals surface area contributed by atoms with Crippen LogP contribution in [0.4, 0.5) is 4.79 Å². The van der Waals surface area contributed by atoms with Crippen molar-refractivity contribution in [1.29, 1.82) is 0 Å². The quantitative estimate of drug-likeness (QED) is 0.569. The zero-order valence-electron chi connectivity index (χ0n) is 7.12. The molecule has 2 aliphatic rings. The Morgan fingerprint density at radius 2 is 2.00 bits per heavy atom. The van der Waals surface area contributed by atoms with E-state index in [1.54, 1.807) is 11.9 Å². The summed E-state index contributed by atoms with van der Waals surface area (Å²) in [5, 5.41) is 0. The van der Waals surface area contributed by atoms with Gasteiger partial charge in [-0.25, -0.2) is 4.79 Å². The Balaban J connectivity index is 2.14. The van der Waals surface area contributed by atoms with Crippen molar-refractivity contribution >= 4 is 11.9 Å². The summed E-state index contributed by atoms with van der Waals surface area (Å²) in [6.45, 7) is 0.570. The van der Waals surface area contributed by atoms with Gasteiger partial charge in [-0.1, -0.05) is 0 Å². The lowest BCUT2D eigenvalue weighted by Gasteiger charge is -2.31. The van der Waals surface area contributed by atoms with Gasteiger partial charge in [-0.2, -0.15) is 0 Å². The second kappa shape index (κ2) is 2.47. The molecule has 1 saturated heterocycles. The molecule has 0 unspecified atom stereocenters. The number of amides is 3. The SMILES string of the molecule is CN1CCC(=O)N(C2CC2)C1=O. The van der Waals surface area contributed by atoms with E-state index in [-0.39, 0.29) is 18.0 Å². The molecule has 1 heterocycles. The molecule has 0 atom stereocenters. The van der Waals surface area contributed by atoms with Crippen LogP contribution in [-0.2, 0) is 4.79 Å². The van der Waals surface area contributed by atoms with Gasteiger partial charge in [-0.3, -0.25) is 9.69 Å². The highest BCUT2D eigenvalue weighted by Crippen LogP contribution is 2.29. The Hall–Kier alpha value is -1.06. The minimum atomic E-state index is -0.117. The zero-order chi connectivity index (χ0) is 8.72. The van der Waals surface area contributed by atoms with Gasteiger partial charge in [0.05, 0.1) is 0 Å². The van der Waals surface area contributed by atoms with E-state index in [0.717, 1.165) is 12.8 Å². The molecular formula is C8H12N2O2. The van der Waals surface area contributed by atoms with Crippen LogP contribution in [-0.4, -0.2) is 41.4 Å². The van der Waals surface area contributed by atoms with Gasteiger partial charge in [0.25, 0.3) is 0 Å². The first-order chi connectivity index (χ1) is 5.70. The van der Waals surface area contributed by atoms with Gasteiger partial charge in [0.1, 0.15) is 0 Å². The third-order valence-electron chi connectivity index (χ3n) is 2.37. The third kappa shape index (κ3) is 1.07. The van der Waals surface area contributed by atoms with Crippen LogP contribution in [0.5, 0.6) is 0 Å². The predicted octanol–water partition coefficient (Wildman–Crippen LogP) is 0.433. The molecule has 0 aromatic rings. The molecule has 2 rings (SSSR count). The van der Waals surface area contributed by atoms with Crippen LogP contribution >= 0.6 is 0 Å². The van der Waals surface area contributed by atoms with Crippen molar-refractivity contribution in [3.63, 3.8) is 0 Å². The molecule has 0 radical (unpaired) electrons. The Bertz CT molecular complexity index is 235. The van der Waals surface area contributed by atoms with Crippen LogP contribution in [0.1, 0.15) is 19.3 Å². The van der Waals surface area contributed by atoms with Crippen molar-refractivity contribution in [2.45, 2.75) is 25.3 Å². The third-order valence-corrected chi connectivity index (χ3v) is 2.37. The van der Waals surface area contributed by atoms with Crippen LogP contribution in [0.2, 0.25) is 0 Å². The molecule has 0 aromatic heterocycles. The highest BCUT2D eigenvalue weighted by Gasteiger charge is 2.40. The van der Waals surface area contributed by atoms with Gasteiger partial charge < -0.3 is 4.90 Å². The van der Waals surface area contributed by atoms with Gasteiger partial charge in [0, 0.05) is 26.1 Å². The number of carbonyl (C=O) groups is 2. The summed E-state index contributed by atoms with van der Waals surface area (Å²) in [7, 11) is 1.74. The van der Waals surface area contributed by atoms with E-state index in [1.807, 2.05) is 0 Å². The summed E-state index contributed by atoms with van der Waals surface area (Å²) in [5.74, 6) is 0.000556. The molecule has 0 N–H and O–H groups in total. The fourth-order valence-electron chi connectivity index (χ4n) is 1.46. The van der Waals surface area contributed by atoms with Crippen LogP contribution in [0.25, 0.3) is 0 Å². The summed E-state index contributed by atoms with van der Waals surface area (Å²) in [6.07, 6.45) is 2.47. The molecule has 1 saturated carbocycles. The smallest absolute Gasteiger partial charge is 0.326 e. The van der Waals surface area contributed by atoms with E-state index in [4.69, 9.17) is 0 Å². The standard InChI is InChI=1S/C8H12N2O2/c1-9-5-4-7(11)10(8(9)12)6-2-3-6/h6H,2-5H2,1H3. The average Bonchev–Trinajstić information content (AvgIpc) is 2.81. The Kier molecular flexibility index (Phi) is 1.56. The van der Waals surface area contributed by atoms with Crippen molar-refractivity contribution < 1.29 is 9.59 Å². The molecule has 1 aliphatic heterocycles. The first-order valence-corrected chi connectivity index (χ1v) is 4.27. The fourth-order valence-corrected chi connectivity index (χ4v) is 1.46. The predicted molar refractivity (Wildman–Crippen MR) is 42.5 cm³/mol. The van der Waals surface area contributed by atoms with Gasteiger partial charge in [-0.05, 0) is 12.8 Å². The molecule has 0 spiro atoms. The maximum absolute atomic E-state index is 11.4. The summed E-state index contributed by atoms with van der Waals surface area (Å²) in [4.78, 5) is 25.8. The first kappa shape index (κ1) is 7.58. The summed E-state index contributed by atoms with van der Waals surface area (Å²) in [6, 6.07) is 0.0986. The number of nitrogens with zero attached hydrogens (tertiary/aromatic N) is 2. The van der Waals surface area contributed by atoms with Crippen LogP contribution in [0.3, 0.4) is 0 Å². The zero-order valence-corrected chi connectivity index (χ0v) is 7.12. The number of rotatable bonds is 1. The maximum Gasteiger partial charge on any atom is 0.326 e. The Labute approximate surface area is 71.1 Å². The number of hydrogen-bond donors (Lipinski definition) is 0. The Morgan fingerprint density at radius 1 is 1.33 bits per heavy atom. The molecule has 66 valence electrons. The van der Waals surface area contributed by atoms with Crippen molar-refractivity contribution in [3.8, 4) is 0 Å². The number of carbonyl (C=O) groups excluding carboxylic acids is 2. The van der Waals surface area contributed by atoms with Gasteiger partial charge in [0.15, 0.2) is 0 Å². The summed E-state index contributed by atoms with van der Waals surface area (Å²) >= 11 is 0. The minimum absolute atomic E-state index is 0.000556. The maximum atomic E-state index is 11.4. The summed E-state index contributed by atoms with van der Waals surface area (Å²) in [5.41, 5.74) is 0. The van der Waals surface area contributed by atoms with E-state index >= 15 is 0 Å². The molecule has 4 heteroatoms. The van der Waals surface area contributed by atoms with E-state index in [1.165, 1.54) is 4.90 Å². The first-order valence-electron chi connectivity index (χ1n) is 4.27. The van der Waals surface area contributed by atoms with Crippen LogP contribution in [0.15, 0.2) is 0 Å². The molecule has 1 aliphatic carbocycles. The van der Waals surface area contributed by atoms with Gasteiger partial charge in [0.2, 0.25) is 5.91 Å². The highest BCUT2D eigenvalue weighted by atomic mass is 16.2. The van der Waals surface area contributed by atoms with Crippen molar-refractivity contribution in [3.05, 3.63) is 0 Å². The topological polar surface area (TPSA) is 40.6 Å². The second-order valence-corrected chi connectivity index (χ2v) is 3.45. The molecule has 2 fully saturated rings. The lowest BCUT2D eigenvalue weighted by molar-refractivity contribution is -0.131. The van der Waals surface area contributed by atoms with E-state index < -0.39 is 0 Å². The van der Waals surface area contributed by atoms with Crippen molar-refractivity contribution in [2.75, 3.05) is 13.6 Å². The Morgan fingerprint density at radius 3 is 2.58 bits per heavy atom. The van der Waals surface area contributed by atoms with Gasteiger partial charge >= 0.3 is 6.03 Å². The molecule has 4 nitrogen and oxygen atoms in total. The van der Waals surface area contributed by atoms with Crippen LogP contribution < -0.4 is 0 Å². The lowest BCUT2D eigenvalue weighted by atomic mass is 10.3. The molecule has 12 heavy (non-hydrogen) atoms. The second-order valence-electron chi connectivity index (χ2n) is 3.45. The average molecular weight is 168 g/mol. The molecule has 0 bridgehead atoms. The minimum Gasteiger partial charge on any atom is -0.327 e. The van der Waals surface area contributed by atoms with E-state index in [0.29, 0.717) is 13.0 Å². The number of hydrogen-bond acceptors (Lipinski definition) is 2. The molecular weight excluding hydrogens is 156 g/mol. The molecule has 0 aromatic carbocycles. The number of urea groups is 1. The van der Waals surface area contributed by atoms with E-state index in [9.17, 15) is 9.59 Å². The van der Waals surface area contributed by atoms with Crippen molar-refractivity contribution in [1.82, 2.24) is 9.80 Å². The fraction of sp³-hybridized carbons (Fsp3) is 0.750. The monoisotopic (exact) mass is 168 g/mol. The highest BCUT2D eigenvalue weighted by molar-refractivity contribution is 5.97. The van der Waals surface area contributed by atoms with Gasteiger partial charge in [-0.15, -0.1) is 0 Å². The van der Waals surface area contributed by atoms with E-state index in [2.05, 4.69) is 0 Å². The number of imide groups is 1. The van der Waals surface area contributed by atoms with Crippen molar-refractivity contribution in [2.24, 2.45) is 0 Å². The summed E-state index contributed by atoms with van der Waals surface area (Å²) < 4.78 is 0. The lowest BCUT2D eigenvalue weighted by Crippen LogP contribution is -2.51. The molecule has 3 amide bonds. The normalized spacial score (nSPS) is 25.1. The largest absolute Gasteiger partial charge is 0.327 e.